The molecule has 0 bridgehead atoms. The van der Waals surface area contributed by atoms with Crippen LogP contribution in [0.5, 0.6) is 5.75 Å². The Morgan fingerprint density at radius 3 is 2.53 bits per heavy atom. The Bertz CT molecular complexity index is 1380. The largest absolute Gasteiger partial charge is 0.382 e. The number of fused-ring (bicyclic) bond motifs is 1. The number of aromatic nitrogens is 2. The summed E-state index contributed by atoms with van der Waals surface area (Å²) in [6.45, 7) is 0.424. The van der Waals surface area contributed by atoms with Crippen LogP contribution in [-0.2, 0) is 14.9 Å². The lowest BCUT2D eigenvalue weighted by molar-refractivity contribution is -0.121. The molecule has 2 heterocycles. The van der Waals surface area contributed by atoms with E-state index in [1.807, 2.05) is 0 Å². The summed E-state index contributed by atoms with van der Waals surface area (Å²) >= 11 is 0. The molecular weight excluding hydrogens is 484 g/mol. The van der Waals surface area contributed by atoms with Crippen LogP contribution in [0, 0.1) is 0 Å². The minimum Gasteiger partial charge on any atom is -0.382 e. The molecule has 2 aromatic carbocycles. The predicted octanol–water partition coefficient (Wildman–Crippen LogP) is 3.17. The molecule has 0 radical (unpaired) electrons. The monoisotopic (exact) mass is 512 g/mol. The van der Waals surface area contributed by atoms with E-state index in [-0.39, 0.29) is 16.6 Å². The molecule has 12 heteroatoms. The van der Waals surface area contributed by atoms with Gasteiger partial charge in [-0.25, -0.2) is 9.78 Å². The number of nitrogens with two attached hydrogens (primary N) is 1. The Labute approximate surface area is 208 Å². The van der Waals surface area contributed by atoms with Crippen molar-refractivity contribution in [2.75, 3.05) is 17.2 Å². The molecule has 1 saturated carbocycles. The number of hydrogen-bond donors (Lipinski definition) is 4. The lowest BCUT2D eigenvalue weighted by Gasteiger charge is -2.21. The number of nitrogens with one attached hydrogen (secondary N) is 3. The number of anilines is 2. The van der Waals surface area contributed by atoms with Gasteiger partial charge in [0.15, 0.2) is 0 Å². The molecule has 5 N–H and O–H groups in total. The Morgan fingerprint density at radius 2 is 1.81 bits per heavy atom. The third-order valence-corrected chi connectivity index (χ3v) is 7.86. The van der Waals surface area contributed by atoms with Gasteiger partial charge < -0.3 is 25.1 Å². The van der Waals surface area contributed by atoms with Gasteiger partial charge in [0.25, 0.3) is 0 Å². The predicted molar refractivity (Wildman–Crippen MR) is 134 cm³/mol. The van der Waals surface area contributed by atoms with Gasteiger partial charge in [0, 0.05) is 24.3 Å². The normalized spacial score (nSPS) is 18.4. The molecule has 0 unspecified atom stereocenters. The molecule has 2 aliphatic rings. The fourth-order valence-corrected chi connectivity index (χ4v) is 5.70. The maximum atomic E-state index is 12.8. The first kappa shape index (κ1) is 23.9. The smallest absolute Gasteiger partial charge is 0.339 e. The van der Waals surface area contributed by atoms with Gasteiger partial charge in [0.2, 0.25) is 11.9 Å². The maximum absolute atomic E-state index is 12.8. The first-order chi connectivity index (χ1) is 17.3. The van der Waals surface area contributed by atoms with Crippen LogP contribution in [0.3, 0.4) is 0 Å². The number of urea groups is 1. The van der Waals surface area contributed by atoms with Crippen molar-refractivity contribution in [1.82, 2.24) is 14.9 Å². The average molecular weight is 513 g/mol. The number of carbonyl (C=O) groups excluding carboxylic acids is 2. The number of rotatable bonds is 7. The lowest BCUT2D eigenvalue weighted by Crippen LogP contribution is -2.45. The SMILES string of the molecule is NC(=O)[C@@H]1CCCN1C(=O)Nc1nc2ccc(OS(=O)(=O)c3ccc(NC4CCCC4)cc3)cc2[nH]1. The van der Waals surface area contributed by atoms with Crippen molar-refractivity contribution in [3.8, 4) is 5.75 Å². The Morgan fingerprint density at radius 1 is 1.06 bits per heavy atom. The minimum absolute atomic E-state index is 0.0479. The molecule has 1 saturated heterocycles. The molecule has 1 aliphatic heterocycles. The maximum Gasteiger partial charge on any atom is 0.339 e. The van der Waals surface area contributed by atoms with Gasteiger partial charge in [0.1, 0.15) is 16.7 Å². The number of nitrogens with zero attached hydrogens (tertiary/aromatic N) is 2. The standard InChI is InChI=1S/C24H28N6O5S/c25-22(31)21-6-3-13-30(21)24(32)29-23-27-19-12-9-17(14-20(19)28-23)35-36(33,34)18-10-7-16(8-11-18)26-15-4-1-2-5-15/h7-12,14-15,21,26H,1-6,13H2,(H2,25,31)(H2,27,28,29,32)/t21-/m0/s1. The van der Waals surface area contributed by atoms with Gasteiger partial charge in [-0.3, -0.25) is 10.1 Å². The van der Waals surface area contributed by atoms with Gasteiger partial charge >= 0.3 is 16.1 Å². The molecule has 2 fully saturated rings. The molecular formula is C24H28N6O5S. The average Bonchev–Trinajstić information content (AvgIpc) is 3.59. The number of carbonyl (C=O) groups is 2. The van der Waals surface area contributed by atoms with Gasteiger partial charge in [-0.15, -0.1) is 0 Å². The number of likely N-dealkylation sites (tertiary alicyclic amines) is 1. The van der Waals surface area contributed by atoms with Crippen molar-refractivity contribution in [1.29, 1.82) is 0 Å². The minimum atomic E-state index is -4.05. The molecule has 5 rings (SSSR count). The summed E-state index contributed by atoms with van der Waals surface area (Å²) in [6, 6.07) is 10.4. The molecule has 0 spiro atoms. The molecule has 1 atom stereocenters. The van der Waals surface area contributed by atoms with E-state index in [2.05, 4.69) is 20.6 Å². The lowest BCUT2D eigenvalue weighted by atomic mass is 10.2. The zero-order valence-corrected chi connectivity index (χ0v) is 20.4. The quantitative estimate of drug-likeness (QED) is 0.354. The number of aromatic amines is 1. The molecule has 3 amide bonds. The molecule has 1 aromatic heterocycles. The number of hydrogen-bond acceptors (Lipinski definition) is 7. The fraction of sp³-hybridized carbons (Fsp3) is 0.375. The zero-order chi connectivity index (χ0) is 25.3. The second-order valence-corrected chi connectivity index (χ2v) is 10.7. The highest BCUT2D eigenvalue weighted by atomic mass is 32.2. The Balaban J connectivity index is 1.26. The van der Waals surface area contributed by atoms with Crippen LogP contribution < -0.4 is 20.6 Å². The van der Waals surface area contributed by atoms with E-state index in [4.69, 9.17) is 9.92 Å². The van der Waals surface area contributed by atoms with E-state index in [9.17, 15) is 18.0 Å². The van der Waals surface area contributed by atoms with E-state index in [1.165, 1.54) is 42.0 Å². The van der Waals surface area contributed by atoms with E-state index in [1.54, 1.807) is 18.2 Å². The summed E-state index contributed by atoms with van der Waals surface area (Å²) < 4.78 is 31.0. The topological polar surface area (TPSA) is 160 Å². The molecule has 36 heavy (non-hydrogen) atoms. The Hall–Kier alpha value is -3.80. The van der Waals surface area contributed by atoms with Gasteiger partial charge in [0.05, 0.1) is 11.0 Å². The summed E-state index contributed by atoms with van der Waals surface area (Å²) in [7, 11) is -4.05. The number of primary amides is 1. The van der Waals surface area contributed by atoms with E-state index in [0.29, 0.717) is 36.5 Å². The number of H-pyrrole nitrogens is 1. The Kier molecular flexibility index (Phi) is 6.44. The van der Waals surface area contributed by atoms with Crippen LogP contribution in [0.2, 0.25) is 0 Å². The van der Waals surface area contributed by atoms with Crippen LogP contribution in [0.25, 0.3) is 11.0 Å². The van der Waals surface area contributed by atoms with E-state index < -0.39 is 28.1 Å². The van der Waals surface area contributed by atoms with E-state index in [0.717, 1.165) is 18.5 Å². The first-order valence-corrected chi connectivity index (χ1v) is 13.4. The van der Waals surface area contributed by atoms with Gasteiger partial charge in [-0.1, -0.05) is 12.8 Å². The van der Waals surface area contributed by atoms with Gasteiger partial charge in [-0.05, 0) is 62.1 Å². The highest BCUT2D eigenvalue weighted by Gasteiger charge is 2.33. The van der Waals surface area contributed by atoms with Crippen molar-refractivity contribution in [2.24, 2.45) is 5.73 Å². The van der Waals surface area contributed by atoms with Crippen molar-refractivity contribution in [2.45, 2.75) is 55.5 Å². The zero-order valence-electron chi connectivity index (χ0n) is 19.6. The third-order valence-electron chi connectivity index (χ3n) is 6.60. The van der Waals surface area contributed by atoms with E-state index >= 15 is 0 Å². The highest BCUT2D eigenvalue weighted by Crippen LogP contribution is 2.26. The van der Waals surface area contributed by atoms with Crippen molar-refractivity contribution in [3.63, 3.8) is 0 Å². The van der Waals surface area contributed by atoms with Crippen LogP contribution in [0.15, 0.2) is 47.4 Å². The number of benzene rings is 2. The van der Waals surface area contributed by atoms with Gasteiger partial charge in [-0.2, -0.15) is 8.42 Å². The third kappa shape index (κ3) is 5.08. The van der Waals surface area contributed by atoms with Crippen molar-refractivity contribution >= 4 is 44.7 Å². The summed E-state index contributed by atoms with van der Waals surface area (Å²) in [5.74, 6) is -0.282. The van der Waals surface area contributed by atoms with Crippen LogP contribution in [-0.4, -0.2) is 53.9 Å². The summed E-state index contributed by atoms with van der Waals surface area (Å²) in [6.07, 6.45) is 5.88. The fourth-order valence-electron chi connectivity index (χ4n) is 4.78. The molecule has 190 valence electrons. The van der Waals surface area contributed by atoms with Crippen molar-refractivity contribution in [3.05, 3.63) is 42.5 Å². The highest BCUT2D eigenvalue weighted by molar-refractivity contribution is 7.87. The second-order valence-electron chi connectivity index (χ2n) is 9.14. The van der Waals surface area contributed by atoms with Crippen LogP contribution in [0.1, 0.15) is 38.5 Å². The number of imidazole rings is 1. The molecule has 11 nitrogen and oxygen atoms in total. The first-order valence-electron chi connectivity index (χ1n) is 12.0. The second kappa shape index (κ2) is 9.69. The summed E-state index contributed by atoms with van der Waals surface area (Å²) in [4.78, 5) is 32.8. The van der Waals surface area contributed by atoms with Crippen LogP contribution in [0.4, 0.5) is 16.4 Å². The van der Waals surface area contributed by atoms with Crippen molar-refractivity contribution < 1.29 is 22.2 Å². The van der Waals surface area contributed by atoms with Crippen LogP contribution >= 0.6 is 0 Å². The molecule has 1 aliphatic carbocycles. The summed E-state index contributed by atoms with van der Waals surface area (Å²) in [5, 5.41) is 6.06. The summed E-state index contributed by atoms with van der Waals surface area (Å²) in [5.41, 5.74) is 7.24. The molecule has 3 aromatic rings. The number of amides is 3.